The van der Waals surface area contributed by atoms with Gasteiger partial charge in [0.25, 0.3) is 5.91 Å². The van der Waals surface area contributed by atoms with Gasteiger partial charge in [-0.3, -0.25) is 14.4 Å². The van der Waals surface area contributed by atoms with Crippen LogP contribution in [0, 0.1) is 0 Å². The van der Waals surface area contributed by atoms with E-state index in [2.05, 4.69) is 10.6 Å². The van der Waals surface area contributed by atoms with Gasteiger partial charge < -0.3 is 44.5 Å². The Kier molecular flexibility index (Phi) is 13.2. The van der Waals surface area contributed by atoms with Gasteiger partial charge in [0, 0.05) is 43.4 Å². The number of amides is 2. The van der Waals surface area contributed by atoms with Gasteiger partial charge in [-0.15, -0.1) is 0 Å². The van der Waals surface area contributed by atoms with Crippen LogP contribution in [0.4, 0.5) is 0 Å². The van der Waals surface area contributed by atoms with Crippen LogP contribution >= 0.6 is 0 Å². The summed E-state index contributed by atoms with van der Waals surface area (Å²) in [4.78, 5) is 52.6. The number of aliphatic hydroxyl groups is 2. The lowest BCUT2D eigenvalue weighted by Gasteiger charge is -2.30. The average molecular weight is 783 g/mol. The smallest absolute Gasteiger partial charge is 0.338 e. The zero-order valence-corrected chi connectivity index (χ0v) is 32.4. The largest absolute Gasteiger partial charge is 0.499 e. The summed E-state index contributed by atoms with van der Waals surface area (Å²) in [7, 11) is 0. The fourth-order valence-electron chi connectivity index (χ4n) is 7.17. The second-order valence-corrected chi connectivity index (χ2v) is 15.4. The highest BCUT2D eigenvalue weighted by atomic mass is 16.8. The van der Waals surface area contributed by atoms with Crippen LogP contribution in [0.25, 0.3) is 6.08 Å². The van der Waals surface area contributed by atoms with E-state index in [1.165, 1.54) is 6.26 Å². The molecule has 2 aliphatic carbocycles. The molecule has 13 heteroatoms. The molecule has 13 nitrogen and oxygen atoms in total. The van der Waals surface area contributed by atoms with Crippen LogP contribution < -0.4 is 10.6 Å². The Hall–Kier alpha value is -5.34. The van der Waals surface area contributed by atoms with Gasteiger partial charge in [-0.25, -0.2) is 4.79 Å². The molecule has 6 rings (SSSR count). The molecule has 3 aromatic carbocycles. The van der Waals surface area contributed by atoms with Gasteiger partial charge in [0.2, 0.25) is 5.91 Å². The van der Waals surface area contributed by atoms with Crippen molar-refractivity contribution in [2.45, 2.75) is 95.2 Å². The molecule has 1 fully saturated rings. The van der Waals surface area contributed by atoms with Crippen LogP contribution in [-0.4, -0.2) is 89.5 Å². The van der Waals surface area contributed by atoms with Crippen LogP contribution in [0.2, 0.25) is 0 Å². The zero-order valence-electron chi connectivity index (χ0n) is 32.4. The number of aliphatic hydroxyl groups excluding tert-OH is 2. The molecule has 0 saturated carbocycles. The van der Waals surface area contributed by atoms with Crippen molar-refractivity contribution in [3.8, 4) is 0 Å². The highest BCUT2D eigenvalue weighted by Crippen LogP contribution is 2.45. The summed E-state index contributed by atoms with van der Waals surface area (Å²) in [6, 6.07) is 20.9. The summed E-state index contributed by atoms with van der Waals surface area (Å²) in [5.74, 6) is -2.79. The summed E-state index contributed by atoms with van der Waals surface area (Å²) in [6.45, 7) is 5.08. The minimum atomic E-state index is -0.961. The fourth-order valence-corrected chi connectivity index (χ4v) is 7.17. The third-order valence-corrected chi connectivity index (χ3v) is 9.77. The molecule has 0 bridgehead atoms. The molecular weight excluding hydrogens is 732 g/mol. The second-order valence-electron chi connectivity index (χ2n) is 15.4. The van der Waals surface area contributed by atoms with Crippen LogP contribution in [0.3, 0.4) is 0 Å². The van der Waals surface area contributed by atoms with E-state index in [-0.39, 0.29) is 51.5 Å². The van der Waals surface area contributed by atoms with Crippen molar-refractivity contribution in [3.05, 3.63) is 124 Å². The molecule has 302 valence electrons. The van der Waals surface area contributed by atoms with E-state index in [4.69, 9.17) is 28.8 Å². The van der Waals surface area contributed by atoms with Crippen molar-refractivity contribution >= 4 is 29.8 Å². The Morgan fingerprint density at radius 1 is 0.930 bits per heavy atom. The maximum absolute atomic E-state index is 13.8. The lowest BCUT2D eigenvalue weighted by molar-refractivity contribution is -0.172. The molecule has 3 aliphatic rings. The minimum Gasteiger partial charge on any atom is -0.499 e. The molecule has 3 aromatic rings. The van der Waals surface area contributed by atoms with Gasteiger partial charge >= 0.3 is 11.9 Å². The van der Waals surface area contributed by atoms with Crippen LogP contribution in [-0.2, 0) is 52.7 Å². The predicted molar refractivity (Wildman–Crippen MR) is 208 cm³/mol. The number of carbonyl (C=O) groups excluding carboxylic acids is 4. The monoisotopic (exact) mass is 782 g/mol. The minimum absolute atomic E-state index is 0.0333. The molecule has 4 atom stereocenters. The normalized spacial score (nSPS) is 19.9. The molecular formula is C44H50N2O11. The Morgan fingerprint density at radius 2 is 1.67 bits per heavy atom. The first kappa shape index (κ1) is 41.3. The highest BCUT2D eigenvalue weighted by Gasteiger charge is 2.55. The van der Waals surface area contributed by atoms with Gasteiger partial charge in [0.05, 0.1) is 31.1 Å². The van der Waals surface area contributed by atoms with Crippen molar-refractivity contribution in [1.29, 1.82) is 0 Å². The maximum atomic E-state index is 13.8. The van der Waals surface area contributed by atoms with Gasteiger partial charge in [0.15, 0.2) is 5.79 Å². The van der Waals surface area contributed by atoms with Gasteiger partial charge in [-0.05, 0) is 85.9 Å². The number of benzene rings is 3. The number of fused-ring (bicyclic) bond motifs is 2. The van der Waals surface area contributed by atoms with E-state index in [9.17, 15) is 24.3 Å². The molecule has 2 amide bonds. The average Bonchev–Trinajstić information content (AvgIpc) is 3.74. The number of ether oxygens (including phenoxy) is 5. The van der Waals surface area contributed by atoms with Crippen LogP contribution in [0.15, 0.2) is 90.7 Å². The molecule has 1 heterocycles. The summed E-state index contributed by atoms with van der Waals surface area (Å²) >= 11 is 0. The van der Waals surface area contributed by atoms with Crippen molar-refractivity contribution < 1.29 is 53.1 Å². The molecule has 0 aromatic heterocycles. The van der Waals surface area contributed by atoms with Gasteiger partial charge in [-0.2, -0.15) is 0 Å². The van der Waals surface area contributed by atoms with Crippen molar-refractivity contribution in [2.24, 2.45) is 0 Å². The first-order chi connectivity index (χ1) is 27.3. The summed E-state index contributed by atoms with van der Waals surface area (Å²) in [5.41, 5.74) is 3.93. The number of nitrogens with one attached hydrogen (secondary N) is 2. The van der Waals surface area contributed by atoms with E-state index in [1.807, 2.05) is 24.3 Å². The summed E-state index contributed by atoms with van der Waals surface area (Å²) < 4.78 is 29.8. The van der Waals surface area contributed by atoms with Crippen molar-refractivity contribution in [1.82, 2.24) is 10.6 Å². The first-order valence-corrected chi connectivity index (χ1v) is 19.2. The van der Waals surface area contributed by atoms with E-state index in [0.29, 0.717) is 40.7 Å². The standard InChI is InChI=1S/C44H50N2O11/c1-43(2,3)56-38(49)15-14-35(27-48)46-41(51)30-12-7-9-29(21-30)26-45-40(50)34-22-36(54-42(52)31-13-6-8-28(20-31)16-18-53-19-17-47)39-37(23-34)55-44(57-39)24-32-10-4-5-11-33(32)25-44/h4-13,16,18,20-21,23,35-37,39,47-48H,14-15,17,19,22,24-27H2,1-3H3,(H,45,50)(H,46,51)/t35-,36+,37+,39-/m0/s1. The number of esters is 2. The quantitative estimate of drug-likeness (QED) is 0.0980. The maximum Gasteiger partial charge on any atom is 0.338 e. The van der Waals surface area contributed by atoms with E-state index in [1.54, 1.807) is 81.5 Å². The second kappa shape index (κ2) is 18.3. The Morgan fingerprint density at radius 3 is 2.39 bits per heavy atom. The Balaban J connectivity index is 1.12. The molecule has 1 saturated heterocycles. The molecule has 0 radical (unpaired) electrons. The third kappa shape index (κ3) is 11.0. The van der Waals surface area contributed by atoms with Crippen molar-refractivity contribution in [2.75, 3.05) is 19.8 Å². The lowest BCUT2D eigenvalue weighted by Crippen LogP contribution is -2.43. The van der Waals surface area contributed by atoms with Crippen molar-refractivity contribution in [3.63, 3.8) is 0 Å². The lowest BCUT2D eigenvalue weighted by atomic mass is 9.91. The molecule has 4 N–H and O–H groups in total. The molecule has 0 unspecified atom stereocenters. The van der Waals surface area contributed by atoms with Gasteiger partial charge in [0.1, 0.15) is 30.5 Å². The topological polar surface area (TPSA) is 179 Å². The van der Waals surface area contributed by atoms with Gasteiger partial charge in [-0.1, -0.05) is 48.5 Å². The Labute approximate surface area is 332 Å². The number of carbonyl (C=O) groups is 4. The summed E-state index contributed by atoms with van der Waals surface area (Å²) in [6.07, 6.45) is 4.06. The van der Waals surface area contributed by atoms with Crippen LogP contribution in [0.1, 0.15) is 83.0 Å². The number of rotatable bonds is 15. The molecule has 57 heavy (non-hydrogen) atoms. The number of hydrogen-bond donors (Lipinski definition) is 4. The van der Waals surface area contributed by atoms with E-state index >= 15 is 0 Å². The predicted octanol–water partition coefficient (Wildman–Crippen LogP) is 4.33. The SMILES string of the molecule is CC(C)(C)OC(=O)CC[C@@H](CO)NC(=O)c1cccc(CNC(=O)C2=C[C@H]3OC4(Cc5ccccc5C4)O[C@H]3[C@H](OC(=O)c3cccc(C=COCCO)c3)C2)c1. The zero-order chi connectivity index (χ0) is 40.6. The fraction of sp³-hybridized carbons (Fsp3) is 0.409. The van der Waals surface area contributed by atoms with E-state index < -0.39 is 53.6 Å². The highest BCUT2D eigenvalue weighted by molar-refractivity contribution is 5.95. The number of hydrogen-bond acceptors (Lipinski definition) is 11. The first-order valence-electron chi connectivity index (χ1n) is 19.2. The molecule has 1 spiro atoms. The third-order valence-electron chi connectivity index (χ3n) is 9.77. The van der Waals surface area contributed by atoms with E-state index in [0.717, 1.165) is 11.1 Å². The molecule has 1 aliphatic heterocycles. The Bertz CT molecular complexity index is 1980. The van der Waals surface area contributed by atoms with Crippen LogP contribution in [0.5, 0.6) is 0 Å². The summed E-state index contributed by atoms with van der Waals surface area (Å²) in [5, 5.41) is 24.5.